The summed E-state index contributed by atoms with van der Waals surface area (Å²) in [5, 5.41) is 4.24. The summed E-state index contributed by atoms with van der Waals surface area (Å²) in [4.78, 5) is 30.0. The molecule has 4 rings (SSSR count). The zero-order valence-electron chi connectivity index (χ0n) is 18.6. The number of likely N-dealkylation sites (tertiary alicyclic amines) is 2. The van der Waals surface area contributed by atoms with E-state index in [9.17, 15) is 9.59 Å². The van der Waals surface area contributed by atoms with Crippen LogP contribution in [0.2, 0.25) is 0 Å². The first-order valence-electron chi connectivity index (χ1n) is 11.5. The van der Waals surface area contributed by atoms with Gasteiger partial charge in [0.1, 0.15) is 11.9 Å². The lowest BCUT2D eigenvalue weighted by Crippen LogP contribution is -2.49. The van der Waals surface area contributed by atoms with Crippen LogP contribution in [0.4, 0.5) is 0 Å². The summed E-state index contributed by atoms with van der Waals surface area (Å²) < 4.78 is 9.05. The van der Waals surface area contributed by atoms with Gasteiger partial charge >= 0.3 is 0 Å². The van der Waals surface area contributed by atoms with Crippen molar-refractivity contribution in [2.24, 2.45) is 5.92 Å². The van der Waals surface area contributed by atoms with Gasteiger partial charge in [0, 0.05) is 62.2 Å². The van der Waals surface area contributed by atoms with Crippen molar-refractivity contribution in [3.05, 3.63) is 46.7 Å². The first kappa shape index (κ1) is 22.8. The highest BCUT2D eigenvalue weighted by Crippen LogP contribution is 2.29. The zero-order valence-corrected chi connectivity index (χ0v) is 20.2. The Labute approximate surface area is 197 Å². The normalized spacial score (nSPS) is 21.4. The van der Waals surface area contributed by atoms with Gasteiger partial charge in [-0.15, -0.1) is 0 Å². The van der Waals surface area contributed by atoms with Crippen molar-refractivity contribution in [1.29, 1.82) is 0 Å². The highest BCUT2D eigenvalue weighted by atomic mass is 79.9. The largest absolute Gasteiger partial charge is 0.490 e. The number of aryl methyl sites for hydroxylation is 1. The molecule has 2 aromatic rings. The molecule has 2 aliphatic heterocycles. The fourth-order valence-electron chi connectivity index (χ4n) is 4.59. The SMILES string of the molecule is CCn1cc(C(=O)N2CC[C@H](Oc3cccc(Br)c3)[C@@H](CC(=O)N3CCCCC3)C2)cn1. The maximum atomic E-state index is 13.1. The minimum absolute atomic E-state index is 0.0268. The fraction of sp³-hybridized carbons (Fsp3) is 0.542. The van der Waals surface area contributed by atoms with Crippen molar-refractivity contribution in [2.45, 2.75) is 51.7 Å². The summed E-state index contributed by atoms with van der Waals surface area (Å²) in [6.07, 6.45) is 7.73. The molecule has 3 heterocycles. The van der Waals surface area contributed by atoms with E-state index in [2.05, 4.69) is 21.0 Å². The van der Waals surface area contributed by atoms with E-state index in [4.69, 9.17) is 4.74 Å². The van der Waals surface area contributed by atoms with Gasteiger partial charge < -0.3 is 14.5 Å². The van der Waals surface area contributed by atoms with Crippen LogP contribution in [0, 0.1) is 5.92 Å². The van der Waals surface area contributed by atoms with E-state index < -0.39 is 0 Å². The molecule has 2 atom stereocenters. The summed E-state index contributed by atoms with van der Waals surface area (Å²) in [6.45, 7) is 5.50. The van der Waals surface area contributed by atoms with Crippen LogP contribution in [-0.4, -0.2) is 63.7 Å². The summed E-state index contributed by atoms with van der Waals surface area (Å²) in [7, 11) is 0. The summed E-state index contributed by atoms with van der Waals surface area (Å²) >= 11 is 3.50. The average Bonchev–Trinajstić information content (AvgIpc) is 3.30. The van der Waals surface area contributed by atoms with E-state index in [1.165, 1.54) is 6.42 Å². The monoisotopic (exact) mass is 502 g/mol. The van der Waals surface area contributed by atoms with Crippen LogP contribution in [0.25, 0.3) is 0 Å². The van der Waals surface area contributed by atoms with E-state index in [0.29, 0.717) is 31.5 Å². The van der Waals surface area contributed by atoms with Crippen molar-refractivity contribution in [3.8, 4) is 5.75 Å². The number of carbonyl (C=O) groups is 2. The summed E-state index contributed by atoms with van der Waals surface area (Å²) in [5.74, 6) is 0.873. The molecule has 0 radical (unpaired) electrons. The molecule has 7 nitrogen and oxygen atoms in total. The van der Waals surface area contributed by atoms with Crippen LogP contribution in [-0.2, 0) is 11.3 Å². The van der Waals surface area contributed by atoms with Gasteiger partial charge in [0.2, 0.25) is 5.91 Å². The fourth-order valence-corrected chi connectivity index (χ4v) is 4.97. The predicted octanol–water partition coefficient (Wildman–Crippen LogP) is 3.98. The topological polar surface area (TPSA) is 67.7 Å². The summed E-state index contributed by atoms with van der Waals surface area (Å²) in [5.41, 5.74) is 0.597. The predicted molar refractivity (Wildman–Crippen MR) is 126 cm³/mol. The molecule has 2 aliphatic rings. The quantitative estimate of drug-likeness (QED) is 0.598. The first-order chi connectivity index (χ1) is 15.5. The Hall–Kier alpha value is -2.35. The van der Waals surface area contributed by atoms with Crippen molar-refractivity contribution in [1.82, 2.24) is 19.6 Å². The average molecular weight is 503 g/mol. The van der Waals surface area contributed by atoms with Gasteiger partial charge in [-0.05, 0) is 44.4 Å². The number of piperidine rings is 2. The van der Waals surface area contributed by atoms with Gasteiger partial charge in [0.25, 0.3) is 5.91 Å². The molecule has 0 saturated carbocycles. The molecule has 0 bridgehead atoms. The van der Waals surface area contributed by atoms with Crippen molar-refractivity contribution >= 4 is 27.7 Å². The highest BCUT2D eigenvalue weighted by Gasteiger charge is 2.36. The molecule has 0 unspecified atom stereocenters. The third kappa shape index (κ3) is 5.52. The number of rotatable bonds is 6. The van der Waals surface area contributed by atoms with Crippen LogP contribution < -0.4 is 4.74 Å². The van der Waals surface area contributed by atoms with E-state index in [-0.39, 0.29) is 23.8 Å². The van der Waals surface area contributed by atoms with E-state index in [1.54, 1.807) is 17.1 Å². The Morgan fingerprint density at radius 2 is 1.97 bits per heavy atom. The maximum Gasteiger partial charge on any atom is 0.257 e. The standard InChI is InChI=1S/C24H31BrN4O3/c1-2-29-17-19(15-26-29)24(31)28-12-9-22(32-21-8-6-7-20(25)14-21)18(16-28)13-23(30)27-10-4-3-5-11-27/h6-8,14-15,17-18,22H,2-5,9-13,16H2,1H3/t18-,22-/m0/s1. The van der Waals surface area contributed by atoms with Crippen LogP contribution >= 0.6 is 15.9 Å². The lowest BCUT2D eigenvalue weighted by Gasteiger charge is -2.39. The number of amides is 2. The number of aromatic nitrogens is 2. The molecule has 8 heteroatoms. The van der Waals surface area contributed by atoms with E-state index >= 15 is 0 Å². The number of nitrogens with zero attached hydrogens (tertiary/aromatic N) is 4. The lowest BCUT2D eigenvalue weighted by molar-refractivity contribution is -0.134. The molecule has 2 amide bonds. The number of ether oxygens (including phenoxy) is 1. The van der Waals surface area contributed by atoms with Crippen LogP contribution in [0.15, 0.2) is 41.1 Å². The number of halogens is 1. The van der Waals surface area contributed by atoms with Crippen molar-refractivity contribution in [2.75, 3.05) is 26.2 Å². The van der Waals surface area contributed by atoms with Crippen LogP contribution in [0.1, 0.15) is 49.4 Å². The smallest absolute Gasteiger partial charge is 0.257 e. The Morgan fingerprint density at radius 1 is 1.16 bits per heavy atom. The third-order valence-corrected chi connectivity index (χ3v) is 6.88. The second-order valence-corrected chi connectivity index (χ2v) is 9.56. The van der Waals surface area contributed by atoms with E-state index in [1.807, 2.05) is 41.0 Å². The second-order valence-electron chi connectivity index (χ2n) is 8.64. The van der Waals surface area contributed by atoms with Gasteiger partial charge in [-0.25, -0.2) is 0 Å². The van der Waals surface area contributed by atoms with Gasteiger partial charge in [-0.3, -0.25) is 14.3 Å². The second kappa shape index (κ2) is 10.5. The number of carbonyl (C=O) groups excluding carboxylic acids is 2. The summed E-state index contributed by atoms with van der Waals surface area (Å²) in [6, 6.07) is 7.78. The number of hydrogen-bond donors (Lipinski definition) is 0. The first-order valence-corrected chi connectivity index (χ1v) is 12.3. The van der Waals surface area contributed by atoms with Crippen LogP contribution in [0.3, 0.4) is 0 Å². The van der Waals surface area contributed by atoms with Gasteiger partial charge in [-0.1, -0.05) is 22.0 Å². The Balaban J connectivity index is 1.48. The van der Waals surface area contributed by atoms with Crippen molar-refractivity contribution < 1.29 is 14.3 Å². The zero-order chi connectivity index (χ0) is 22.5. The highest BCUT2D eigenvalue weighted by molar-refractivity contribution is 9.10. The molecule has 2 fully saturated rings. The lowest BCUT2D eigenvalue weighted by atomic mass is 9.90. The molecule has 1 aromatic carbocycles. The Bertz CT molecular complexity index is 941. The van der Waals surface area contributed by atoms with Gasteiger partial charge in [0.15, 0.2) is 0 Å². The Kier molecular flexibility index (Phi) is 7.50. The minimum Gasteiger partial charge on any atom is -0.490 e. The van der Waals surface area contributed by atoms with E-state index in [0.717, 1.165) is 42.7 Å². The molecule has 2 saturated heterocycles. The molecule has 0 aliphatic carbocycles. The molecular weight excluding hydrogens is 472 g/mol. The molecule has 172 valence electrons. The molecule has 0 spiro atoms. The number of benzene rings is 1. The molecule has 1 aromatic heterocycles. The minimum atomic E-state index is -0.111. The van der Waals surface area contributed by atoms with Gasteiger partial charge in [-0.2, -0.15) is 5.10 Å². The van der Waals surface area contributed by atoms with Crippen LogP contribution in [0.5, 0.6) is 5.75 Å². The molecule has 32 heavy (non-hydrogen) atoms. The van der Waals surface area contributed by atoms with Gasteiger partial charge in [0.05, 0.1) is 11.8 Å². The maximum absolute atomic E-state index is 13.1. The number of hydrogen-bond acceptors (Lipinski definition) is 4. The Morgan fingerprint density at radius 3 is 2.69 bits per heavy atom. The van der Waals surface area contributed by atoms with Crippen molar-refractivity contribution in [3.63, 3.8) is 0 Å². The molecular formula is C24H31BrN4O3. The molecule has 0 N–H and O–H groups in total. The third-order valence-electron chi connectivity index (χ3n) is 6.38.